The van der Waals surface area contributed by atoms with E-state index in [1.54, 1.807) is 0 Å². The Morgan fingerprint density at radius 2 is 1.30 bits per heavy atom. The van der Waals surface area contributed by atoms with Gasteiger partial charge in [-0.25, -0.2) is 0 Å². The van der Waals surface area contributed by atoms with Gasteiger partial charge in [-0.2, -0.15) is 0 Å². The average Bonchev–Trinajstić information content (AvgIpc) is 2.83. The van der Waals surface area contributed by atoms with Gasteiger partial charge in [-0.15, -0.1) is 0 Å². The molecule has 162 valence electrons. The first-order chi connectivity index (χ1) is 14.8. The SMILES string of the molecule is CCCCC1CCC(c2ccc(-c3ccc(C4CCC(CC)CC4)cc3)nc2)CC1. The minimum Gasteiger partial charge on any atom is -0.256 e. The van der Waals surface area contributed by atoms with Crippen molar-refractivity contribution in [2.45, 2.75) is 103 Å². The van der Waals surface area contributed by atoms with Crippen LogP contribution in [0.3, 0.4) is 0 Å². The Morgan fingerprint density at radius 3 is 1.87 bits per heavy atom. The fraction of sp³-hybridized carbons (Fsp3) is 0.621. The minimum atomic E-state index is 0.727. The highest BCUT2D eigenvalue weighted by molar-refractivity contribution is 5.59. The van der Waals surface area contributed by atoms with Gasteiger partial charge >= 0.3 is 0 Å². The van der Waals surface area contributed by atoms with Crippen LogP contribution >= 0.6 is 0 Å². The molecule has 0 spiro atoms. The van der Waals surface area contributed by atoms with Crippen LogP contribution in [0.1, 0.15) is 114 Å². The number of aromatic nitrogens is 1. The second-order valence-corrected chi connectivity index (χ2v) is 10.1. The Morgan fingerprint density at radius 1 is 0.700 bits per heavy atom. The van der Waals surface area contributed by atoms with Crippen molar-refractivity contribution in [2.75, 3.05) is 0 Å². The molecule has 1 nitrogen and oxygen atoms in total. The molecule has 0 atom stereocenters. The lowest BCUT2D eigenvalue weighted by atomic mass is 9.77. The largest absolute Gasteiger partial charge is 0.256 e. The van der Waals surface area contributed by atoms with E-state index in [0.29, 0.717) is 0 Å². The van der Waals surface area contributed by atoms with Gasteiger partial charge in [0.05, 0.1) is 5.69 Å². The van der Waals surface area contributed by atoms with E-state index in [4.69, 9.17) is 4.98 Å². The number of nitrogens with zero attached hydrogens (tertiary/aromatic N) is 1. The maximum absolute atomic E-state index is 4.86. The Labute approximate surface area is 184 Å². The number of hydrogen-bond acceptors (Lipinski definition) is 1. The van der Waals surface area contributed by atoms with E-state index in [2.05, 4.69) is 56.4 Å². The van der Waals surface area contributed by atoms with Gasteiger partial charge in [0.25, 0.3) is 0 Å². The van der Waals surface area contributed by atoms with E-state index in [9.17, 15) is 0 Å². The normalized spacial score (nSPS) is 27.1. The molecule has 2 aliphatic carbocycles. The van der Waals surface area contributed by atoms with Crippen LogP contribution < -0.4 is 0 Å². The quantitative estimate of drug-likeness (QED) is 0.449. The van der Waals surface area contributed by atoms with Gasteiger partial charge in [0, 0.05) is 11.8 Å². The van der Waals surface area contributed by atoms with E-state index >= 15 is 0 Å². The highest BCUT2D eigenvalue weighted by Crippen LogP contribution is 2.39. The summed E-state index contributed by atoms with van der Waals surface area (Å²) in [5, 5.41) is 0. The first-order valence-corrected chi connectivity index (χ1v) is 12.8. The third kappa shape index (κ3) is 5.34. The standard InChI is InChI=1S/C29H41N/c1-3-5-6-23-9-13-26(14-10-23)28-19-20-29(30-21-28)27-17-15-25(16-18-27)24-11-7-22(4-2)8-12-24/h15-24,26H,3-14H2,1-2H3. The summed E-state index contributed by atoms with van der Waals surface area (Å²) in [6, 6.07) is 13.9. The molecule has 0 radical (unpaired) electrons. The Bertz CT molecular complexity index is 744. The van der Waals surface area contributed by atoms with E-state index in [-0.39, 0.29) is 0 Å². The summed E-state index contributed by atoms with van der Waals surface area (Å²) >= 11 is 0. The van der Waals surface area contributed by atoms with Gasteiger partial charge in [0.15, 0.2) is 0 Å². The first kappa shape index (κ1) is 21.6. The number of pyridine rings is 1. The lowest BCUT2D eigenvalue weighted by Crippen LogP contribution is -2.13. The Hall–Kier alpha value is -1.63. The van der Waals surface area contributed by atoms with Gasteiger partial charge in [-0.3, -0.25) is 4.98 Å². The highest BCUT2D eigenvalue weighted by Gasteiger charge is 2.23. The summed E-state index contributed by atoms with van der Waals surface area (Å²) in [7, 11) is 0. The van der Waals surface area contributed by atoms with Gasteiger partial charge < -0.3 is 0 Å². The molecule has 4 rings (SSSR count). The summed E-state index contributed by atoms with van der Waals surface area (Å²) in [5.74, 6) is 3.44. The zero-order valence-electron chi connectivity index (χ0n) is 19.3. The summed E-state index contributed by atoms with van der Waals surface area (Å²) in [6.45, 7) is 4.65. The van der Waals surface area contributed by atoms with Crippen LogP contribution in [0.5, 0.6) is 0 Å². The summed E-state index contributed by atoms with van der Waals surface area (Å²) < 4.78 is 0. The van der Waals surface area contributed by atoms with Crippen LogP contribution in [0.2, 0.25) is 0 Å². The van der Waals surface area contributed by atoms with Crippen molar-refractivity contribution in [3.05, 3.63) is 53.7 Å². The molecule has 2 aliphatic rings. The van der Waals surface area contributed by atoms with Crippen LogP contribution in [0.4, 0.5) is 0 Å². The number of benzene rings is 1. The molecule has 30 heavy (non-hydrogen) atoms. The number of hydrogen-bond donors (Lipinski definition) is 0. The van der Waals surface area contributed by atoms with Crippen molar-refractivity contribution in [1.29, 1.82) is 0 Å². The molecule has 1 heterocycles. The van der Waals surface area contributed by atoms with Gasteiger partial charge in [-0.05, 0) is 92.2 Å². The maximum Gasteiger partial charge on any atom is 0.0702 e. The molecule has 1 aromatic heterocycles. The molecule has 2 aromatic rings. The van der Waals surface area contributed by atoms with Crippen molar-refractivity contribution in [2.24, 2.45) is 11.8 Å². The average molecular weight is 404 g/mol. The van der Waals surface area contributed by atoms with Crippen molar-refractivity contribution in [3.8, 4) is 11.3 Å². The van der Waals surface area contributed by atoms with E-state index in [0.717, 1.165) is 29.4 Å². The smallest absolute Gasteiger partial charge is 0.0702 e. The van der Waals surface area contributed by atoms with Gasteiger partial charge in [0.1, 0.15) is 0 Å². The second kappa shape index (κ2) is 10.6. The summed E-state index contributed by atoms with van der Waals surface area (Å²) in [4.78, 5) is 4.86. The van der Waals surface area contributed by atoms with Crippen LogP contribution in [-0.2, 0) is 0 Å². The van der Waals surface area contributed by atoms with Crippen LogP contribution in [-0.4, -0.2) is 4.98 Å². The van der Waals surface area contributed by atoms with Crippen LogP contribution in [0.25, 0.3) is 11.3 Å². The Balaban J connectivity index is 1.33. The molecule has 0 bridgehead atoms. The molecule has 1 aromatic carbocycles. The molecule has 0 aliphatic heterocycles. The Kier molecular flexibility index (Phi) is 7.63. The summed E-state index contributed by atoms with van der Waals surface area (Å²) in [5.41, 5.74) is 5.37. The topological polar surface area (TPSA) is 12.9 Å². The van der Waals surface area contributed by atoms with Gasteiger partial charge in [0.2, 0.25) is 0 Å². The molecule has 1 heteroatoms. The van der Waals surface area contributed by atoms with Crippen molar-refractivity contribution < 1.29 is 0 Å². The predicted molar refractivity (Wildman–Crippen MR) is 129 cm³/mol. The molecule has 0 unspecified atom stereocenters. The predicted octanol–water partition coefficient (Wildman–Crippen LogP) is 8.90. The zero-order chi connectivity index (χ0) is 20.8. The molecule has 0 amide bonds. The molecular formula is C29H41N. The zero-order valence-corrected chi connectivity index (χ0v) is 19.3. The summed E-state index contributed by atoms with van der Waals surface area (Å²) in [6.07, 6.45) is 18.8. The second-order valence-electron chi connectivity index (χ2n) is 10.1. The fourth-order valence-corrected chi connectivity index (χ4v) is 5.92. The van der Waals surface area contributed by atoms with Crippen molar-refractivity contribution in [1.82, 2.24) is 4.98 Å². The fourth-order valence-electron chi connectivity index (χ4n) is 5.92. The lowest BCUT2D eigenvalue weighted by Gasteiger charge is -2.28. The van der Waals surface area contributed by atoms with E-state index < -0.39 is 0 Å². The molecule has 2 fully saturated rings. The van der Waals surface area contributed by atoms with Crippen molar-refractivity contribution in [3.63, 3.8) is 0 Å². The molecule has 0 N–H and O–H groups in total. The molecule has 0 saturated heterocycles. The molecule has 2 saturated carbocycles. The van der Waals surface area contributed by atoms with Crippen LogP contribution in [0.15, 0.2) is 42.6 Å². The van der Waals surface area contributed by atoms with Crippen molar-refractivity contribution >= 4 is 0 Å². The maximum atomic E-state index is 4.86. The number of unbranched alkanes of at least 4 members (excludes halogenated alkanes) is 1. The third-order valence-corrected chi connectivity index (χ3v) is 8.17. The van der Waals surface area contributed by atoms with Gasteiger partial charge in [-0.1, -0.05) is 69.9 Å². The molecular weight excluding hydrogens is 362 g/mol. The minimum absolute atomic E-state index is 0.727. The lowest BCUT2D eigenvalue weighted by molar-refractivity contribution is 0.304. The third-order valence-electron chi connectivity index (χ3n) is 8.17. The monoisotopic (exact) mass is 403 g/mol. The van der Waals surface area contributed by atoms with E-state index in [1.165, 1.54) is 93.7 Å². The van der Waals surface area contributed by atoms with E-state index in [1.807, 2.05) is 0 Å². The number of rotatable bonds is 7. The first-order valence-electron chi connectivity index (χ1n) is 12.8. The van der Waals surface area contributed by atoms with Crippen LogP contribution in [0, 0.1) is 11.8 Å². The highest BCUT2D eigenvalue weighted by atomic mass is 14.7.